The van der Waals surface area contributed by atoms with Crippen LogP contribution in [0.3, 0.4) is 0 Å². The van der Waals surface area contributed by atoms with E-state index in [0.717, 1.165) is 5.69 Å². The van der Waals surface area contributed by atoms with Crippen molar-refractivity contribution in [3.63, 3.8) is 0 Å². The molecule has 8 nitrogen and oxygen atoms in total. The highest BCUT2D eigenvalue weighted by atomic mass is 16.5. The third-order valence-corrected chi connectivity index (χ3v) is 4.20. The Morgan fingerprint density at radius 2 is 1.76 bits per heavy atom. The number of para-hydroxylation sites is 2. The van der Waals surface area contributed by atoms with Crippen LogP contribution in [0.5, 0.6) is 5.75 Å². The summed E-state index contributed by atoms with van der Waals surface area (Å²) >= 11 is 0. The molecule has 0 radical (unpaired) electrons. The third-order valence-electron chi connectivity index (χ3n) is 4.20. The quantitative estimate of drug-likeness (QED) is 0.650. The topological polar surface area (TPSA) is 109 Å². The molecular weight excluding hydrogens is 370 g/mol. The molecule has 0 fully saturated rings. The van der Waals surface area contributed by atoms with Gasteiger partial charge in [0.1, 0.15) is 11.8 Å². The number of aromatic nitrogens is 2. The van der Waals surface area contributed by atoms with Crippen LogP contribution in [0.4, 0.5) is 0 Å². The van der Waals surface area contributed by atoms with Gasteiger partial charge in [-0.1, -0.05) is 30.3 Å². The minimum Gasteiger partial charge on any atom is -0.482 e. The number of hydrogen-bond donors (Lipinski definition) is 2. The molecule has 3 rings (SSSR count). The fourth-order valence-electron chi connectivity index (χ4n) is 2.85. The molecule has 0 aliphatic heterocycles. The van der Waals surface area contributed by atoms with Gasteiger partial charge in [-0.25, -0.2) is 4.68 Å². The molecule has 2 N–H and O–H groups in total. The van der Waals surface area contributed by atoms with Gasteiger partial charge in [-0.05, 0) is 38.1 Å². The van der Waals surface area contributed by atoms with E-state index in [-0.39, 0.29) is 6.61 Å². The van der Waals surface area contributed by atoms with Crippen LogP contribution in [0.2, 0.25) is 0 Å². The van der Waals surface area contributed by atoms with Crippen molar-refractivity contribution in [1.82, 2.24) is 20.6 Å². The van der Waals surface area contributed by atoms with E-state index in [0.29, 0.717) is 28.3 Å². The van der Waals surface area contributed by atoms with E-state index in [1.54, 1.807) is 42.8 Å². The largest absolute Gasteiger partial charge is 0.482 e. The van der Waals surface area contributed by atoms with Crippen LogP contribution in [0.15, 0.2) is 54.6 Å². The predicted octanol–water partition coefficient (Wildman–Crippen LogP) is 2.20. The van der Waals surface area contributed by atoms with Crippen LogP contribution in [-0.2, 0) is 4.79 Å². The van der Waals surface area contributed by atoms with E-state index in [4.69, 9.17) is 10.00 Å². The standard InChI is InChI=1S/C21H19N5O3/c1-14-20(15(2)26(25-14)17-9-4-3-5-10-17)21(28)24-23-19(27)13-29-18-11-7-6-8-16(18)12-22/h3-11H,13H2,1-2H3,(H,23,27)(H,24,28). The number of nitrogens with zero attached hydrogens (tertiary/aromatic N) is 3. The number of nitrogens with one attached hydrogen (secondary N) is 2. The first-order valence-electron chi connectivity index (χ1n) is 8.84. The monoisotopic (exact) mass is 389 g/mol. The Kier molecular flexibility index (Phi) is 5.90. The van der Waals surface area contributed by atoms with E-state index in [1.165, 1.54) is 0 Å². The Morgan fingerprint density at radius 1 is 1.07 bits per heavy atom. The minimum atomic E-state index is -0.558. The van der Waals surface area contributed by atoms with Crippen molar-refractivity contribution in [2.75, 3.05) is 6.61 Å². The average molecular weight is 389 g/mol. The maximum absolute atomic E-state index is 12.5. The van der Waals surface area contributed by atoms with E-state index in [1.807, 2.05) is 36.4 Å². The maximum atomic E-state index is 12.5. The number of nitriles is 1. The lowest BCUT2D eigenvalue weighted by atomic mass is 10.2. The number of aryl methyl sites for hydroxylation is 1. The molecule has 0 aliphatic carbocycles. The Labute approximate surface area is 167 Å². The van der Waals surface area contributed by atoms with Crippen LogP contribution in [0, 0.1) is 25.2 Å². The number of amides is 2. The fraction of sp³-hybridized carbons (Fsp3) is 0.143. The van der Waals surface area contributed by atoms with Crippen LogP contribution < -0.4 is 15.6 Å². The number of rotatable bonds is 5. The lowest BCUT2D eigenvalue weighted by Gasteiger charge is -2.10. The van der Waals surface area contributed by atoms with Gasteiger partial charge in [-0.3, -0.25) is 20.4 Å². The van der Waals surface area contributed by atoms with Gasteiger partial charge in [0.25, 0.3) is 11.8 Å². The number of ether oxygens (including phenoxy) is 1. The van der Waals surface area contributed by atoms with Crippen molar-refractivity contribution in [3.05, 3.63) is 77.1 Å². The van der Waals surface area contributed by atoms with Crippen LogP contribution in [0.1, 0.15) is 27.3 Å². The summed E-state index contributed by atoms with van der Waals surface area (Å²) in [4.78, 5) is 24.5. The maximum Gasteiger partial charge on any atom is 0.276 e. The van der Waals surface area contributed by atoms with E-state index in [9.17, 15) is 9.59 Å². The van der Waals surface area contributed by atoms with Crippen molar-refractivity contribution >= 4 is 11.8 Å². The Hall–Kier alpha value is -4.12. The zero-order valence-corrected chi connectivity index (χ0v) is 16.0. The molecule has 3 aromatic rings. The molecule has 2 aromatic carbocycles. The smallest absolute Gasteiger partial charge is 0.276 e. The molecule has 1 heterocycles. The molecule has 0 aliphatic rings. The first kappa shape index (κ1) is 19.6. The summed E-state index contributed by atoms with van der Waals surface area (Å²) in [5, 5.41) is 13.4. The molecular formula is C21H19N5O3. The number of hydrazine groups is 1. The van der Waals surface area contributed by atoms with Crippen molar-refractivity contribution in [3.8, 4) is 17.5 Å². The SMILES string of the molecule is Cc1nn(-c2ccccc2)c(C)c1C(=O)NNC(=O)COc1ccccc1C#N. The molecule has 146 valence electrons. The zero-order chi connectivity index (χ0) is 20.8. The summed E-state index contributed by atoms with van der Waals surface area (Å²) in [6.07, 6.45) is 0. The van der Waals surface area contributed by atoms with Gasteiger partial charge in [0.05, 0.1) is 28.2 Å². The number of carbonyl (C=O) groups is 2. The first-order chi connectivity index (χ1) is 14.0. The number of carbonyl (C=O) groups excluding carboxylic acids is 2. The fourth-order valence-corrected chi connectivity index (χ4v) is 2.85. The summed E-state index contributed by atoms with van der Waals surface area (Å²) < 4.78 is 7.01. The highest BCUT2D eigenvalue weighted by molar-refractivity contribution is 5.97. The van der Waals surface area contributed by atoms with E-state index in [2.05, 4.69) is 16.0 Å². The zero-order valence-electron chi connectivity index (χ0n) is 16.0. The molecule has 0 saturated carbocycles. The molecule has 0 bridgehead atoms. The van der Waals surface area contributed by atoms with Gasteiger partial charge >= 0.3 is 0 Å². The van der Waals surface area contributed by atoms with Crippen molar-refractivity contribution in [1.29, 1.82) is 5.26 Å². The highest BCUT2D eigenvalue weighted by Gasteiger charge is 2.20. The van der Waals surface area contributed by atoms with Gasteiger partial charge in [0.15, 0.2) is 6.61 Å². The summed E-state index contributed by atoms with van der Waals surface area (Å²) in [7, 11) is 0. The normalized spacial score (nSPS) is 10.1. The molecule has 29 heavy (non-hydrogen) atoms. The lowest BCUT2D eigenvalue weighted by molar-refractivity contribution is -0.123. The third kappa shape index (κ3) is 4.42. The minimum absolute atomic E-state index is 0.298. The molecule has 0 atom stereocenters. The van der Waals surface area contributed by atoms with Gasteiger partial charge in [-0.2, -0.15) is 10.4 Å². The Morgan fingerprint density at radius 3 is 2.48 bits per heavy atom. The molecule has 0 saturated heterocycles. The molecule has 8 heteroatoms. The Balaban J connectivity index is 1.62. The van der Waals surface area contributed by atoms with Crippen LogP contribution in [-0.4, -0.2) is 28.2 Å². The lowest BCUT2D eigenvalue weighted by Crippen LogP contribution is -2.44. The van der Waals surface area contributed by atoms with Gasteiger partial charge in [0, 0.05) is 0 Å². The highest BCUT2D eigenvalue weighted by Crippen LogP contribution is 2.18. The van der Waals surface area contributed by atoms with E-state index < -0.39 is 11.8 Å². The van der Waals surface area contributed by atoms with Crippen molar-refractivity contribution < 1.29 is 14.3 Å². The van der Waals surface area contributed by atoms with E-state index >= 15 is 0 Å². The second-order valence-corrected chi connectivity index (χ2v) is 6.19. The molecule has 0 spiro atoms. The molecule has 1 aromatic heterocycles. The average Bonchev–Trinajstić information content (AvgIpc) is 3.05. The van der Waals surface area contributed by atoms with Crippen LogP contribution >= 0.6 is 0 Å². The number of hydrogen-bond acceptors (Lipinski definition) is 5. The summed E-state index contributed by atoms with van der Waals surface area (Å²) in [6.45, 7) is 3.16. The van der Waals surface area contributed by atoms with Gasteiger partial charge < -0.3 is 4.74 Å². The second-order valence-electron chi connectivity index (χ2n) is 6.19. The van der Waals surface area contributed by atoms with Crippen LogP contribution in [0.25, 0.3) is 5.69 Å². The molecule has 2 amide bonds. The number of benzene rings is 2. The first-order valence-corrected chi connectivity index (χ1v) is 8.84. The second kappa shape index (κ2) is 8.71. The molecule has 0 unspecified atom stereocenters. The summed E-state index contributed by atoms with van der Waals surface area (Å²) in [6, 6.07) is 18.0. The predicted molar refractivity (Wildman–Crippen MR) is 105 cm³/mol. The van der Waals surface area contributed by atoms with Crippen molar-refractivity contribution in [2.45, 2.75) is 13.8 Å². The summed E-state index contributed by atoms with van der Waals surface area (Å²) in [5.41, 5.74) is 7.41. The van der Waals surface area contributed by atoms with Gasteiger partial charge in [0.2, 0.25) is 0 Å². The van der Waals surface area contributed by atoms with Crippen molar-refractivity contribution in [2.24, 2.45) is 0 Å². The Bertz CT molecular complexity index is 1080. The van der Waals surface area contributed by atoms with Gasteiger partial charge in [-0.15, -0.1) is 0 Å². The summed E-state index contributed by atoms with van der Waals surface area (Å²) in [5.74, 6) is -0.739.